The number of rotatable bonds is 5. The van der Waals surface area contributed by atoms with Gasteiger partial charge in [-0.05, 0) is 25.0 Å². The van der Waals surface area contributed by atoms with Crippen LogP contribution in [-0.4, -0.2) is 18.2 Å². The number of hydrogen-bond donors (Lipinski definition) is 1. The third-order valence-corrected chi connectivity index (χ3v) is 2.90. The fraction of sp³-hybridized carbons (Fsp3) is 0.417. The van der Waals surface area contributed by atoms with Crippen LogP contribution in [-0.2, 0) is 11.2 Å². The van der Waals surface area contributed by atoms with Gasteiger partial charge in [-0.2, -0.15) is 0 Å². The molecule has 0 aliphatic carbocycles. The van der Waals surface area contributed by atoms with Crippen molar-refractivity contribution < 1.29 is 14.6 Å². The Morgan fingerprint density at radius 3 is 2.81 bits per heavy atom. The number of aliphatic carboxylic acids is 1. The van der Waals surface area contributed by atoms with Crippen molar-refractivity contribution in [3.05, 3.63) is 28.8 Å². The summed E-state index contributed by atoms with van der Waals surface area (Å²) in [6.45, 7) is 1.69. The first-order valence-corrected chi connectivity index (χ1v) is 5.48. The monoisotopic (exact) mass is 242 g/mol. The van der Waals surface area contributed by atoms with E-state index >= 15 is 0 Å². The number of ether oxygens (including phenoxy) is 1. The third kappa shape index (κ3) is 3.14. The molecular weight excluding hydrogens is 228 g/mol. The first-order chi connectivity index (χ1) is 7.56. The summed E-state index contributed by atoms with van der Waals surface area (Å²) in [4.78, 5) is 10.7. The van der Waals surface area contributed by atoms with Crippen molar-refractivity contribution in [1.82, 2.24) is 0 Å². The summed E-state index contributed by atoms with van der Waals surface area (Å²) < 4.78 is 5.19. The maximum atomic E-state index is 10.7. The summed E-state index contributed by atoms with van der Waals surface area (Å²) in [6, 6.07) is 5.42. The smallest absolute Gasteiger partial charge is 0.306 e. The topological polar surface area (TPSA) is 46.5 Å². The van der Waals surface area contributed by atoms with E-state index in [-0.39, 0.29) is 5.92 Å². The zero-order chi connectivity index (χ0) is 12.1. The summed E-state index contributed by atoms with van der Waals surface area (Å²) in [6.07, 6.45) is 1.16. The van der Waals surface area contributed by atoms with E-state index in [1.807, 2.05) is 12.1 Å². The quantitative estimate of drug-likeness (QED) is 0.864. The van der Waals surface area contributed by atoms with Gasteiger partial charge in [-0.15, -0.1) is 0 Å². The fourth-order valence-electron chi connectivity index (χ4n) is 1.46. The summed E-state index contributed by atoms with van der Waals surface area (Å²) in [5, 5.41) is 9.41. The zero-order valence-corrected chi connectivity index (χ0v) is 10.1. The number of carbonyl (C=O) groups is 1. The molecule has 1 rings (SSSR count). The molecule has 0 heterocycles. The lowest BCUT2D eigenvalue weighted by Gasteiger charge is -2.11. The van der Waals surface area contributed by atoms with E-state index < -0.39 is 5.97 Å². The van der Waals surface area contributed by atoms with Crippen molar-refractivity contribution in [3.8, 4) is 5.75 Å². The third-order valence-electron chi connectivity index (χ3n) is 2.54. The van der Waals surface area contributed by atoms with Crippen LogP contribution in [0.3, 0.4) is 0 Å². The molecule has 1 aromatic carbocycles. The first-order valence-electron chi connectivity index (χ1n) is 5.10. The number of halogens is 1. The van der Waals surface area contributed by atoms with Gasteiger partial charge in [0, 0.05) is 10.6 Å². The molecule has 1 unspecified atom stereocenters. The Kier molecular flexibility index (Phi) is 4.62. The zero-order valence-electron chi connectivity index (χ0n) is 9.37. The van der Waals surface area contributed by atoms with E-state index in [9.17, 15) is 4.79 Å². The van der Waals surface area contributed by atoms with Gasteiger partial charge in [-0.3, -0.25) is 4.79 Å². The van der Waals surface area contributed by atoms with Crippen LogP contribution < -0.4 is 4.74 Å². The highest BCUT2D eigenvalue weighted by molar-refractivity contribution is 6.31. The van der Waals surface area contributed by atoms with Crippen LogP contribution in [0, 0.1) is 5.92 Å². The molecule has 88 valence electrons. The Labute approximate surface area is 100.0 Å². The Bertz CT molecular complexity index is 377. The second-order valence-electron chi connectivity index (χ2n) is 3.70. The van der Waals surface area contributed by atoms with E-state index in [4.69, 9.17) is 21.4 Å². The number of carboxylic acid groups (broad SMARTS) is 1. The highest BCUT2D eigenvalue weighted by Gasteiger charge is 2.14. The predicted octanol–water partition coefficient (Wildman–Crippen LogP) is 3.00. The SMILES string of the molecule is COc1cccc(Cl)c1CCC(C)C(=O)O. The Morgan fingerprint density at radius 1 is 1.56 bits per heavy atom. The molecule has 3 nitrogen and oxygen atoms in total. The molecule has 0 aliphatic rings. The maximum absolute atomic E-state index is 10.7. The van der Waals surface area contributed by atoms with Crippen LogP contribution in [0.5, 0.6) is 5.75 Å². The van der Waals surface area contributed by atoms with Gasteiger partial charge in [-0.25, -0.2) is 0 Å². The summed E-state index contributed by atoms with van der Waals surface area (Å²) in [7, 11) is 1.58. The minimum atomic E-state index is -0.786. The maximum Gasteiger partial charge on any atom is 0.306 e. The molecule has 0 aromatic heterocycles. The van der Waals surface area contributed by atoms with Crippen molar-refractivity contribution in [1.29, 1.82) is 0 Å². The number of benzene rings is 1. The number of carboxylic acids is 1. The lowest BCUT2D eigenvalue weighted by molar-refractivity contribution is -0.141. The second kappa shape index (κ2) is 5.75. The van der Waals surface area contributed by atoms with Gasteiger partial charge in [0.05, 0.1) is 13.0 Å². The molecule has 0 radical (unpaired) electrons. The Hall–Kier alpha value is -1.22. The fourth-order valence-corrected chi connectivity index (χ4v) is 1.72. The summed E-state index contributed by atoms with van der Waals surface area (Å²) in [5.41, 5.74) is 0.875. The molecule has 1 N–H and O–H groups in total. The van der Waals surface area contributed by atoms with Gasteiger partial charge in [0.2, 0.25) is 0 Å². The van der Waals surface area contributed by atoms with Gasteiger partial charge < -0.3 is 9.84 Å². The summed E-state index contributed by atoms with van der Waals surface area (Å²) in [5.74, 6) is -0.447. The largest absolute Gasteiger partial charge is 0.496 e. The molecule has 1 aromatic rings. The molecule has 0 amide bonds. The second-order valence-corrected chi connectivity index (χ2v) is 4.11. The standard InChI is InChI=1S/C12H15ClO3/c1-8(12(14)15)6-7-9-10(13)4-3-5-11(9)16-2/h3-5,8H,6-7H2,1-2H3,(H,14,15). The normalized spacial score (nSPS) is 12.2. The molecule has 0 aliphatic heterocycles. The molecule has 0 spiro atoms. The minimum Gasteiger partial charge on any atom is -0.496 e. The molecule has 0 bridgehead atoms. The van der Waals surface area contributed by atoms with Crippen LogP contribution in [0.4, 0.5) is 0 Å². The molecule has 4 heteroatoms. The van der Waals surface area contributed by atoms with Gasteiger partial charge >= 0.3 is 5.97 Å². The average Bonchev–Trinajstić information content (AvgIpc) is 2.26. The van der Waals surface area contributed by atoms with Crippen molar-refractivity contribution in [2.75, 3.05) is 7.11 Å². The van der Waals surface area contributed by atoms with Crippen LogP contribution in [0.15, 0.2) is 18.2 Å². The Morgan fingerprint density at radius 2 is 2.25 bits per heavy atom. The lowest BCUT2D eigenvalue weighted by atomic mass is 10.0. The molecule has 0 fully saturated rings. The Balaban J connectivity index is 2.76. The van der Waals surface area contributed by atoms with Crippen molar-refractivity contribution in [2.24, 2.45) is 5.92 Å². The molecular formula is C12H15ClO3. The number of methoxy groups -OCH3 is 1. The van der Waals surface area contributed by atoms with Crippen LogP contribution >= 0.6 is 11.6 Å². The predicted molar refractivity (Wildman–Crippen MR) is 63.1 cm³/mol. The van der Waals surface area contributed by atoms with E-state index in [0.717, 1.165) is 5.56 Å². The first kappa shape index (κ1) is 12.8. The van der Waals surface area contributed by atoms with Gasteiger partial charge in [-0.1, -0.05) is 24.6 Å². The van der Waals surface area contributed by atoms with Crippen molar-refractivity contribution >= 4 is 17.6 Å². The average molecular weight is 243 g/mol. The van der Waals surface area contributed by atoms with Crippen LogP contribution in [0.2, 0.25) is 5.02 Å². The molecule has 0 saturated carbocycles. The van der Waals surface area contributed by atoms with Gasteiger partial charge in [0.1, 0.15) is 5.75 Å². The van der Waals surface area contributed by atoms with E-state index in [0.29, 0.717) is 23.6 Å². The van der Waals surface area contributed by atoms with Gasteiger partial charge in [0.25, 0.3) is 0 Å². The van der Waals surface area contributed by atoms with E-state index in [2.05, 4.69) is 0 Å². The van der Waals surface area contributed by atoms with E-state index in [1.54, 1.807) is 20.1 Å². The molecule has 16 heavy (non-hydrogen) atoms. The number of hydrogen-bond acceptors (Lipinski definition) is 2. The summed E-state index contributed by atoms with van der Waals surface area (Å²) >= 11 is 6.04. The van der Waals surface area contributed by atoms with Crippen molar-refractivity contribution in [3.63, 3.8) is 0 Å². The van der Waals surface area contributed by atoms with Crippen LogP contribution in [0.1, 0.15) is 18.9 Å². The van der Waals surface area contributed by atoms with E-state index in [1.165, 1.54) is 0 Å². The lowest BCUT2D eigenvalue weighted by Crippen LogP contribution is -2.10. The highest BCUT2D eigenvalue weighted by Crippen LogP contribution is 2.28. The highest BCUT2D eigenvalue weighted by atomic mass is 35.5. The molecule has 1 atom stereocenters. The molecule has 0 saturated heterocycles. The van der Waals surface area contributed by atoms with Crippen molar-refractivity contribution in [2.45, 2.75) is 19.8 Å². The minimum absolute atomic E-state index is 0.374. The van der Waals surface area contributed by atoms with Crippen LogP contribution in [0.25, 0.3) is 0 Å². The van der Waals surface area contributed by atoms with Gasteiger partial charge in [0.15, 0.2) is 0 Å².